The van der Waals surface area contributed by atoms with Gasteiger partial charge in [0, 0.05) is 11.8 Å². The van der Waals surface area contributed by atoms with Gasteiger partial charge in [-0.05, 0) is 25.3 Å². The highest BCUT2D eigenvalue weighted by molar-refractivity contribution is 8.13. The van der Waals surface area contributed by atoms with Crippen LogP contribution < -0.4 is 4.42 Å². The molecule has 1 aromatic carbocycles. The topological polar surface area (TPSA) is 39.4 Å². The molecule has 0 heterocycles. The lowest BCUT2D eigenvalue weighted by molar-refractivity contribution is 1.40. The van der Waals surface area contributed by atoms with Crippen LogP contribution in [0.25, 0.3) is 0 Å². The molecule has 0 atom stereocenters. The second-order valence-electron chi connectivity index (χ2n) is 2.81. The molecule has 0 N–H and O–H groups in total. The molecule has 0 saturated heterocycles. The first-order valence-electron chi connectivity index (χ1n) is 4.22. The van der Waals surface area contributed by atoms with Crippen molar-refractivity contribution in [1.82, 2.24) is 0 Å². The van der Waals surface area contributed by atoms with E-state index < -0.39 is 0 Å². The second kappa shape index (κ2) is 5.64. The van der Waals surface area contributed by atoms with Gasteiger partial charge >= 0.3 is 0 Å². The maximum Gasteiger partial charge on any atom is 0.208 e. The van der Waals surface area contributed by atoms with Crippen molar-refractivity contribution >= 4 is 34.4 Å². The molecule has 0 saturated carbocycles. The molecule has 0 aliphatic heterocycles. The zero-order chi connectivity index (χ0) is 11.3. The van der Waals surface area contributed by atoms with Crippen molar-refractivity contribution in [1.29, 1.82) is 5.26 Å². The number of aliphatic imine (C=N–C) groups is 1. The molecule has 1 rings (SSSR count). The first kappa shape index (κ1) is 11.9. The van der Waals surface area contributed by atoms with Crippen molar-refractivity contribution in [3.8, 4) is 6.19 Å². The molecule has 15 heavy (non-hydrogen) atoms. The number of amidine groups is 1. The minimum atomic E-state index is 0.461. The molecule has 0 unspecified atom stereocenters. The smallest absolute Gasteiger partial charge is 0.208 e. The number of nitriles is 1. The summed E-state index contributed by atoms with van der Waals surface area (Å²) in [6.45, 7) is 2.00. The molecule has 3 nitrogen and oxygen atoms in total. The molecule has 0 aliphatic rings. The summed E-state index contributed by atoms with van der Waals surface area (Å²) in [7, 11) is 0. The van der Waals surface area contributed by atoms with Gasteiger partial charge in [0.2, 0.25) is 6.19 Å². The first-order chi connectivity index (χ1) is 7.19. The minimum absolute atomic E-state index is 0.461. The van der Waals surface area contributed by atoms with Crippen LogP contribution in [-0.4, -0.2) is 11.4 Å². The van der Waals surface area contributed by atoms with Gasteiger partial charge in [0.15, 0.2) is 5.17 Å². The molecule has 0 aliphatic carbocycles. The molecule has 0 fully saturated rings. The van der Waals surface area contributed by atoms with E-state index in [-0.39, 0.29) is 0 Å². The Morgan fingerprint density at radius 1 is 1.47 bits per heavy atom. The number of halogens is 1. The molecule has 1 aromatic rings. The van der Waals surface area contributed by atoms with Gasteiger partial charge in [-0.3, -0.25) is 0 Å². The fourth-order valence-corrected chi connectivity index (χ4v) is 1.75. The summed E-state index contributed by atoms with van der Waals surface area (Å²) in [5.41, 5.74) is 1.96. The maximum absolute atomic E-state index is 8.47. The lowest BCUT2D eigenvalue weighted by Gasteiger charge is -2.14. The highest BCUT2D eigenvalue weighted by Crippen LogP contribution is 2.21. The van der Waals surface area contributed by atoms with Crippen LogP contribution in [0.3, 0.4) is 0 Å². The van der Waals surface area contributed by atoms with Crippen molar-refractivity contribution in [2.24, 2.45) is 4.99 Å². The molecule has 0 radical (unpaired) electrons. The highest BCUT2D eigenvalue weighted by atomic mass is 35.5. The van der Waals surface area contributed by atoms with Gasteiger partial charge < -0.3 is 0 Å². The number of hydrogen-bond acceptors (Lipinski definition) is 3. The number of benzene rings is 1. The Balaban J connectivity index is 2.94. The summed E-state index contributed by atoms with van der Waals surface area (Å²) in [6, 6.07) is 7.67. The zero-order valence-electron chi connectivity index (χ0n) is 8.44. The molecule has 0 spiro atoms. The standard InChI is InChI=1S/C10H10ClN3S/c1-8-3-5-9(6-4-8)14(11)10(15-2)13-7-12/h3-6H,1-2H3. The average Bonchev–Trinajstić information content (AvgIpc) is 2.26. The number of anilines is 1. The average molecular weight is 240 g/mol. The highest BCUT2D eigenvalue weighted by Gasteiger charge is 2.09. The minimum Gasteiger partial charge on any atom is -0.230 e. The van der Waals surface area contributed by atoms with E-state index in [4.69, 9.17) is 17.0 Å². The monoisotopic (exact) mass is 239 g/mol. The van der Waals surface area contributed by atoms with Gasteiger partial charge in [0.05, 0.1) is 5.69 Å². The fourth-order valence-electron chi connectivity index (χ4n) is 0.999. The van der Waals surface area contributed by atoms with Gasteiger partial charge in [0.1, 0.15) is 0 Å². The van der Waals surface area contributed by atoms with E-state index in [1.165, 1.54) is 16.2 Å². The van der Waals surface area contributed by atoms with E-state index >= 15 is 0 Å². The third-order valence-electron chi connectivity index (χ3n) is 1.76. The van der Waals surface area contributed by atoms with E-state index in [1.54, 1.807) is 6.19 Å². The maximum atomic E-state index is 8.47. The summed E-state index contributed by atoms with van der Waals surface area (Å²) in [5.74, 6) is 0. The van der Waals surface area contributed by atoms with Crippen LogP contribution >= 0.6 is 23.5 Å². The number of rotatable bonds is 1. The summed E-state index contributed by atoms with van der Waals surface area (Å²) >= 11 is 7.36. The fraction of sp³-hybridized carbons (Fsp3) is 0.200. The molecular formula is C10H10ClN3S. The third kappa shape index (κ3) is 3.15. The van der Waals surface area contributed by atoms with Crippen molar-refractivity contribution in [2.75, 3.05) is 10.7 Å². The van der Waals surface area contributed by atoms with Crippen LogP contribution in [0.4, 0.5) is 5.69 Å². The summed E-state index contributed by atoms with van der Waals surface area (Å²) in [5, 5.41) is 8.93. The third-order valence-corrected chi connectivity index (χ3v) is 2.85. The number of aryl methyl sites for hydroxylation is 1. The number of nitrogens with zero attached hydrogens (tertiary/aromatic N) is 3. The van der Waals surface area contributed by atoms with E-state index in [2.05, 4.69) is 4.99 Å². The van der Waals surface area contributed by atoms with Crippen molar-refractivity contribution < 1.29 is 0 Å². The largest absolute Gasteiger partial charge is 0.230 e. The van der Waals surface area contributed by atoms with Crippen molar-refractivity contribution in [3.05, 3.63) is 29.8 Å². The van der Waals surface area contributed by atoms with Crippen molar-refractivity contribution in [2.45, 2.75) is 6.92 Å². The number of thioether (sulfide) groups is 1. The number of hydrogen-bond donors (Lipinski definition) is 0. The molecule has 5 heteroatoms. The molecule has 78 valence electrons. The van der Waals surface area contributed by atoms with Crippen LogP contribution in [0, 0.1) is 18.4 Å². The van der Waals surface area contributed by atoms with Crippen LogP contribution in [-0.2, 0) is 0 Å². The van der Waals surface area contributed by atoms with E-state index in [1.807, 2.05) is 37.4 Å². The van der Waals surface area contributed by atoms with Gasteiger partial charge in [-0.2, -0.15) is 5.26 Å². The zero-order valence-corrected chi connectivity index (χ0v) is 10.0. The molecule has 0 aromatic heterocycles. The molecule has 0 amide bonds. The van der Waals surface area contributed by atoms with Crippen LogP contribution in [0.2, 0.25) is 0 Å². The van der Waals surface area contributed by atoms with Crippen LogP contribution in [0.15, 0.2) is 29.3 Å². The van der Waals surface area contributed by atoms with Gasteiger partial charge in [0.25, 0.3) is 0 Å². The second-order valence-corrected chi connectivity index (χ2v) is 3.93. The lowest BCUT2D eigenvalue weighted by Crippen LogP contribution is -2.16. The Hall–Kier alpha value is -1.18. The Morgan fingerprint density at radius 2 is 2.07 bits per heavy atom. The van der Waals surface area contributed by atoms with Crippen LogP contribution in [0.5, 0.6) is 0 Å². The summed E-state index contributed by atoms with van der Waals surface area (Å²) in [4.78, 5) is 3.62. The normalized spacial score (nSPS) is 10.9. The van der Waals surface area contributed by atoms with Crippen LogP contribution in [0.1, 0.15) is 5.56 Å². The summed E-state index contributed by atoms with van der Waals surface area (Å²) in [6.07, 6.45) is 3.54. The van der Waals surface area contributed by atoms with E-state index in [0.717, 1.165) is 11.3 Å². The van der Waals surface area contributed by atoms with Gasteiger partial charge in [-0.25, -0.2) is 4.42 Å². The summed E-state index contributed by atoms with van der Waals surface area (Å²) < 4.78 is 1.37. The predicted molar refractivity (Wildman–Crippen MR) is 66.1 cm³/mol. The van der Waals surface area contributed by atoms with Gasteiger partial charge in [-0.1, -0.05) is 29.5 Å². The Labute approximate surface area is 98.5 Å². The Morgan fingerprint density at radius 3 is 2.53 bits per heavy atom. The lowest BCUT2D eigenvalue weighted by atomic mass is 10.2. The van der Waals surface area contributed by atoms with E-state index in [9.17, 15) is 0 Å². The molecule has 0 bridgehead atoms. The molecular weight excluding hydrogens is 230 g/mol. The predicted octanol–water partition coefficient (Wildman–Crippen LogP) is 3.16. The quantitative estimate of drug-likeness (QED) is 0.327. The van der Waals surface area contributed by atoms with Gasteiger partial charge in [-0.15, -0.1) is 4.99 Å². The van der Waals surface area contributed by atoms with Crippen molar-refractivity contribution in [3.63, 3.8) is 0 Å². The first-order valence-corrected chi connectivity index (χ1v) is 5.78. The Bertz CT molecular complexity index is 394. The Kier molecular flexibility index (Phi) is 4.47. The van der Waals surface area contributed by atoms with E-state index in [0.29, 0.717) is 5.17 Å². The SMILES string of the molecule is CSC(=NC#N)N(Cl)c1ccc(C)cc1.